The lowest BCUT2D eigenvalue weighted by Gasteiger charge is -2.35. The van der Waals surface area contributed by atoms with E-state index in [2.05, 4.69) is 16.7 Å². The van der Waals surface area contributed by atoms with E-state index < -0.39 is 0 Å². The molecule has 3 rings (SSSR count). The van der Waals surface area contributed by atoms with E-state index in [-0.39, 0.29) is 11.8 Å². The fourth-order valence-corrected chi connectivity index (χ4v) is 4.22. The molecule has 0 atom stereocenters. The minimum atomic E-state index is -0.165. The van der Waals surface area contributed by atoms with Crippen molar-refractivity contribution in [3.63, 3.8) is 0 Å². The van der Waals surface area contributed by atoms with Crippen LogP contribution in [0.3, 0.4) is 0 Å². The minimum absolute atomic E-state index is 0.153. The molecule has 1 aromatic rings. The normalized spacial score (nSPS) is 19.2. The Bertz CT molecular complexity index is 664. The van der Waals surface area contributed by atoms with E-state index in [1.54, 1.807) is 0 Å². The average Bonchev–Trinajstić information content (AvgIpc) is 3.26. The second kappa shape index (κ2) is 8.79. The number of carbonyl (C=O) groups is 2. The van der Waals surface area contributed by atoms with Gasteiger partial charge in [-0.1, -0.05) is 13.0 Å². The number of nitrogens with zero attached hydrogens (tertiary/aromatic N) is 3. The molecule has 26 heavy (non-hydrogen) atoms. The van der Waals surface area contributed by atoms with Crippen LogP contribution in [-0.4, -0.2) is 79.0 Å². The van der Waals surface area contributed by atoms with E-state index in [0.29, 0.717) is 37.4 Å². The molecule has 7 heteroatoms. The van der Waals surface area contributed by atoms with Crippen molar-refractivity contribution in [2.24, 2.45) is 0 Å². The number of piperazine rings is 1. The maximum absolute atomic E-state index is 13.1. The van der Waals surface area contributed by atoms with Crippen LogP contribution in [-0.2, 0) is 14.3 Å². The molecule has 2 aliphatic heterocycles. The first-order chi connectivity index (χ1) is 12.7. The zero-order valence-corrected chi connectivity index (χ0v) is 16.4. The summed E-state index contributed by atoms with van der Waals surface area (Å²) in [4.78, 5) is 32.9. The van der Waals surface area contributed by atoms with E-state index in [0.717, 1.165) is 37.6 Å². The van der Waals surface area contributed by atoms with Gasteiger partial charge in [0.2, 0.25) is 0 Å². The van der Waals surface area contributed by atoms with E-state index in [9.17, 15) is 9.59 Å². The Hall–Kier alpha value is -1.70. The second-order valence-corrected chi connectivity index (χ2v) is 7.38. The van der Waals surface area contributed by atoms with Gasteiger partial charge in [0.15, 0.2) is 0 Å². The molecule has 1 saturated heterocycles. The molecule has 0 N–H and O–H groups in total. The molecule has 1 fully saturated rings. The molecule has 2 amide bonds. The topological polar surface area (TPSA) is 53.1 Å². The molecule has 0 spiro atoms. The van der Waals surface area contributed by atoms with Gasteiger partial charge in [0.25, 0.3) is 11.8 Å². The molecule has 0 unspecified atom stereocenters. The van der Waals surface area contributed by atoms with Crippen LogP contribution in [0.4, 0.5) is 0 Å². The van der Waals surface area contributed by atoms with Gasteiger partial charge in [-0.25, -0.2) is 0 Å². The van der Waals surface area contributed by atoms with Crippen LogP contribution < -0.4 is 0 Å². The molecule has 0 aliphatic carbocycles. The fraction of sp³-hybridized carbons (Fsp3) is 0.579. The second-order valence-electron chi connectivity index (χ2n) is 6.43. The largest absolute Gasteiger partial charge is 0.382 e. The van der Waals surface area contributed by atoms with Gasteiger partial charge in [-0.15, -0.1) is 11.3 Å². The molecule has 2 aliphatic rings. The number of carbonyl (C=O) groups excluding carboxylic acids is 2. The lowest BCUT2D eigenvalue weighted by Crippen LogP contribution is -2.47. The SMILES string of the molecule is CCOCCCN1C(=O)C(c2cccs2)=C(N2CCN(CC)CC2)C1=O. The highest BCUT2D eigenvalue weighted by molar-refractivity contribution is 7.11. The maximum atomic E-state index is 13.1. The van der Waals surface area contributed by atoms with Gasteiger partial charge < -0.3 is 14.5 Å². The zero-order valence-electron chi connectivity index (χ0n) is 15.6. The number of hydrogen-bond donors (Lipinski definition) is 0. The molecule has 0 saturated carbocycles. The molecule has 0 bridgehead atoms. The molecule has 1 aromatic heterocycles. The first-order valence-electron chi connectivity index (χ1n) is 9.36. The predicted molar refractivity (Wildman–Crippen MR) is 103 cm³/mol. The van der Waals surface area contributed by atoms with Crippen LogP contribution >= 0.6 is 11.3 Å². The summed E-state index contributed by atoms with van der Waals surface area (Å²) in [6.45, 7) is 10.1. The van der Waals surface area contributed by atoms with Gasteiger partial charge in [-0.05, 0) is 31.3 Å². The highest BCUT2D eigenvalue weighted by Gasteiger charge is 2.42. The quantitative estimate of drug-likeness (QED) is 0.512. The van der Waals surface area contributed by atoms with Crippen LogP contribution in [0.25, 0.3) is 5.57 Å². The first-order valence-corrected chi connectivity index (χ1v) is 10.2. The van der Waals surface area contributed by atoms with E-state index in [4.69, 9.17) is 4.74 Å². The molecular formula is C19H27N3O3S. The van der Waals surface area contributed by atoms with Crippen molar-refractivity contribution in [1.29, 1.82) is 0 Å². The Morgan fingerprint density at radius 3 is 2.50 bits per heavy atom. The summed E-state index contributed by atoms with van der Waals surface area (Å²) < 4.78 is 5.35. The maximum Gasteiger partial charge on any atom is 0.277 e. The molecule has 142 valence electrons. The number of hydrogen-bond acceptors (Lipinski definition) is 6. The van der Waals surface area contributed by atoms with Gasteiger partial charge in [-0.3, -0.25) is 14.5 Å². The fourth-order valence-electron chi connectivity index (χ4n) is 3.46. The summed E-state index contributed by atoms with van der Waals surface area (Å²) in [6.07, 6.45) is 0.667. The van der Waals surface area contributed by atoms with Crippen LogP contribution in [0.15, 0.2) is 23.2 Å². The summed E-state index contributed by atoms with van der Waals surface area (Å²) in [5.74, 6) is -0.318. The highest BCUT2D eigenvalue weighted by Crippen LogP contribution is 2.34. The van der Waals surface area contributed by atoms with Crippen LogP contribution in [0.5, 0.6) is 0 Å². The third-order valence-corrected chi connectivity index (χ3v) is 5.81. The van der Waals surface area contributed by atoms with E-state index in [1.807, 2.05) is 24.4 Å². The van der Waals surface area contributed by atoms with Gasteiger partial charge in [0.05, 0.1) is 5.57 Å². The lowest BCUT2D eigenvalue weighted by molar-refractivity contribution is -0.137. The monoisotopic (exact) mass is 377 g/mol. The minimum Gasteiger partial charge on any atom is -0.382 e. The van der Waals surface area contributed by atoms with E-state index in [1.165, 1.54) is 16.2 Å². The summed E-state index contributed by atoms with van der Waals surface area (Å²) in [6, 6.07) is 3.85. The highest BCUT2D eigenvalue weighted by atomic mass is 32.1. The number of ether oxygens (including phenoxy) is 1. The molecule has 0 aromatic carbocycles. The van der Waals surface area contributed by atoms with Crippen LogP contribution in [0.1, 0.15) is 25.1 Å². The first kappa shape index (κ1) is 19.1. The Labute approximate surface area is 159 Å². The summed E-state index contributed by atoms with van der Waals surface area (Å²) in [5.41, 5.74) is 1.16. The van der Waals surface area contributed by atoms with Crippen molar-refractivity contribution in [3.8, 4) is 0 Å². The van der Waals surface area contributed by atoms with Crippen LogP contribution in [0, 0.1) is 0 Å². The van der Waals surface area contributed by atoms with E-state index >= 15 is 0 Å². The van der Waals surface area contributed by atoms with Crippen molar-refractivity contribution in [3.05, 3.63) is 28.1 Å². The number of rotatable bonds is 8. The molecular weight excluding hydrogens is 350 g/mol. The van der Waals surface area contributed by atoms with Gasteiger partial charge in [-0.2, -0.15) is 0 Å². The van der Waals surface area contributed by atoms with Crippen molar-refractivity contribution in [2.45, 2.75) is 20.3 Å². The summed E-state index contributed by atoms with van der Waals surface area (Å²) >= 11 is 1.51. The van der Waals surface area contributed by atoms with Crippen LogP contribution in [0.2, 0.25) is 0 Å². The third-order valence-electron chi connectivity index (χ3n) is 4.92. The predicted octanol–water partition coefficient (Wildman–Crippen LogP) is 1.89. The average molecular weight is 378 g/mol. The smallest absolute Gasteiger partial charge is 0.277 e. The third kappa shape index (κ3) is 3.84. The Morgan fingerprint density at radius 1 is 1.12 bits per heavy atom. The molecule has 6 nitrogen and oxygen atoms in total. The van der Waals surface area contributed by atoms with Crippen molar-refractivity contribution in [2.75, 3.05) is 52.5 Å². The molecule has 0 radical (unpaired) electrons. The lowest BCUT2D eigenvalue weighted by atomic mass is 10.1. The number of amides is 2. The van der Waals surface area contributed by atoms with Crippen molar-refractivity contribution < 1.29 is 14.3 Å². The number of likely N-dealkylation sites (N-methyl/N-ethyl adjacent to an activating group) is 1. The van der Waals surface area contributed by atoms with Crippen molar-refractivity contribution in [1.82, 2.24) is 14.7 Å². The summed E-state index contributed by atoms with van der Waals surface area (Å²) in [7, 11) is 0. The Balaban J connectivity index is 1.82. The van der Waals surface area contributed by atoms with Crippen molar-refractivity contribution >= 4 is 28.7 Å². The van der Waals surface area contributed by atoms with Gasteiger partial charge >= 0.3 is 0 Å². The summed E-state index contributed by atoms with van der Waals surface area (Å²) in [5, 5.41) is 1.95. The van der Waals surface area contributed by atoms with Gasteiger partial charge in [0, 0.05) is 50.8 Å². The Morgan fingerprint density at radius 2 is 1.88 bits per heavy atom. The zero-order chi connectivity index (χ0) is 18.5. The Kier molecular flexibility index (Phi) is 6.45. The van der Waals surface area contributed by atoms with Gasteiger partial charge in [0.1, 0.15) is 5.70 Å². The standard InChI is InChI=1S/C19H27N3O3S/c1-3-20-9-11-21(12-10-20)17-16(15-7-5-14-26-15)18(23)22(19(17)24)8-6-13-25-4-2/h5,7,14H,3-4,6,8-13H2,1-2H3. The number of thiophene rings is 1. The molecule has 3 heterocycles. The number of imide groups is 1.